The molecule has 23 heavy (non-hydrogen) atoms. The standard InChI is InChI=1S/C20H19ClO2/c1-12(2)11-17-14(4)7-10-16(18(17)20(21)23)19(22)15-8-5-13(3)6-9-15/h5-10H,1,11H2,2-4H3. The number of aryl methyl sites for hydroxylation is 2. The third-order valence-electron chi connectivity index (χ3n) is 3.78. The number of rotatable bonds is 5. The van der Waals surface area contributed by atoms with Gasteiger partial charge in [-0.15, -0.1) is 0 Å². The van der Waals surface area contributed by atoms with E-state index < -0.39 is 5.24 Å². The second-order valence-corrected chi connectivity index (χ2v) is 6.23. The number of halogens is 1. The molecule has 0 aromatic heterocycles. The molecule has 2 aromatic rings. The Morgan fingerprint density at radius 3 is 2.17 bits per heavy atom. The van der Waals surface area contributed by atoms with Crippen LogP contribution in [-0.2, 0) is 6.42 Å². The van der Waals surface area contributed by atoms with E-state index >= 15 is 0 Å². The monoisotopic (exact) mass is 326 g/mol. The highest BCUT2D eigenvalue weighted by Gasteiger charge is 2.22. The van der Waals surface area contributed by atoms with E-state index in [4.69, 9.17) is 11.6 Å². The molecular weight excluding hydrogens is 308 g/mol. The van der Waals surface area contributed by atoms with Crippen LogP contribution in [0.4, 0.5) is 0 Å². The summed E-state index contributed by atoms with van der Waals surface area (Å²) in [6.45, 7) is 9.64. The van der Waals surface area contributed by atoms with Gasteiger partial charge >= 0.3 is 0 Å². The molecule has 0 aliphatic rings. The van der Waals surface area contributed by atoms with Gasteiger partial charge in [-0.05, 0) is 56.0 Å². The topological polar surface area (TPSA) is 34.1 Å². The first-order chi connectivity index (χ1) is 10.8. The van der Waals surface area contributed by atoms with Crippen molar-refractivity contribution in [3.05, 3.63) is 81.9 Å². The van der Waals surface area contributed by atoms with Crippen LogP contribution in [0.1, 0.15) is 49.9 Å². The van der Waals surface area contributed by atoms with Crippen molar-refractivity contribution in [3.63, 3.8) is 0 Å². The zero-order chi connectivity index (χ0) is 17.1. The highest BCUT2D eigenvalue weighted by molar-refractivity contribution is 6.68. The minimum Gasteiger partial charge on any atom is -0.289 e. The van der Waals surface area contributed by atoms with Crippen molar-refractivity contribution in [3.8, 4) is 0 Å². The van der Waals surface area contributed by atoms with Gasteiger partial charge in [-0.1, -0.05) is 48.0 Å². The van der Waals surface area contributed by atoms with E-state index in [1.807, 2.05) is 39.0 Å². The minimum absolute atomic E-state index is 0.197. The zero-order valence-electron chi connectivity index (χ0n) is 13.6. The maximum absolute atomic E-state index is 12.8. The van der Waals surface area contributed by atoms with Gasteiger partial charge in [0.05, 0.1) is 0 Å². The second-order valence-electron chi connectivity index (χ2n) is 5.89. The lowest BCUT2D eigenvalue weighted by Crippen LogP contribution is -2.12. The van der Waals surface area contributed by atoms with Gasteiger partial charge < -0.3 is 0 Å². The molecule has 2 rings (SSSR count). The molecule has 3 heteroatoms. The number of carbonyl (C=O) groups excluding carboxylic acids is 2. The summed E-state index contributed by atoms with van der Waals surface area (Å²) < 4.78 is 0. The lowest BCUT2D eigenvalue weighted by atomic mass is 9.89. The molecular formula is C20H19ClO2. The van der Waals surface area contributed by atoms with Crippen LogP contribution in [0.25, 0.3) is 0 Å². The van der Waals surface area contributed by atoms with Crippen LogP contribution in [0.2, 0.25) is 0 Å². The first kappa shape index (κ1) is 17.2. The number of carbonyl (C=O) groups is 2. The van der Waals surface area contributed by atoms with Crippen LogP contribution in [0, 0.1) is 13.8 Å². The summed E-state index contributed by atoms with van der Waals surface area (Å²) in [6, 6.07) is 10.8. The summed E-state index contributed by atoms with van der Waals surface area (Å²) in [5.41, 5.74) is 4.86. The number of hydrogen-bond acceptors (Lipinski definition) is 2. The fraction of sp³-hybridized carbons (Fsp3) is 0.200. The van der Waals surface area contributed by atoms with E-state index in [2.05, 4.69) is 6.58 Å². The van der Waals surface area contributed by atoms with Crippen molar-refractivity contribution >= 4 is 22.6 Å². The molecule has 0 radical (unpaired) electrons. The van der Waals surface area contributed by atoms with Crippen LogP contribution in [0.15, 0.2) is 48.6 Å². The summed E-state index contributed by atoms with van der Waals surface area (Å²) in [5, 5.41) is -0.611. The molecule has 0 unspecified atom stereocenters. The molecule has 0 saturated heterocycles. The van der Waals surface area contributed by atoms with Gasteiger partial charge in [0.25, 0.3) is 5.24 Å². The summed E-state index contributed by atoms with van der Waals surface area (Å²) in [6.07, 6.45) is 0.522. The van der Waals surface area contributed by atoms with E-state index in [0.29, 0.717) is 23.1 Å². The SMILES string of the molecule is C=C(C)Cc1c(C)ccc(C(=O)c2ccc(C)cc2)c1C(=O)Cl. The molecule has 0 saturated carbocycles. The average Bonchev–Trinajstić information content (AvgIpc) is 2.48. The molecule has 2 aromatic carbocycles. The molecule has 0 amide bonds. The molecule has 118 valence electrons. The van der Waals surface area contributed by atoms with Gasteiger partial charge in [-0.2, -0.15) is 0 Å². The number of benzene rings is 2. The van der Waals surface area contributed by atoms with E-state index in [-0.39, 0.29) is 5.78 Å². The third kappa shape index (κ3) is 3.77. The van der Waals surface area contributed by atoms with E-state index in [0.717, 1.165) is 22.3 Å². The van der Waals surface area contributed by atoms with E-state index in [9.17, 15) is 9.59 Å². The highest BCUT2D eigenvalue weighted by atomic mass is 35.5. The summed E-state index contributed by atoms with van der Waals surface area (Å²) >= 11 is 5.80. The van der Waals surface area contributed by atoms with Crippen LogP contribution in [0.5, 0.6) is 0 Å². The normalized spacial score (nSPS) is 10.4. The molecule has 0 aliphatic carbocycles. The lowest BCUT2D eigenvalue weighted by Gasteiger charge is -2.14. The van der Waals surface area contributed by atoms with Crippen molar-refractivity contribution < 1.29 is 9.59 Å². The summed E-state index contributed by atoms with van der Waals surface area (Å²) in [5.74, 6) is -0.197. The molecule has 0 heterocycles. The average molecular weight is 327 g/mol. The second kappa shape index (κ2) is 6.93. The van der Waals surface area contributed by atoms with Crippen molar-refractivity contribution in [1.29, 1.82) is 0 Å². The molecule has 2 nitrogen and oxygen atoms in total. The van der Waals surface area contributed by atoms with Crippen molar-refractivity contribution in [2.75, 3.05) is 0 Å². The Hall–Kier alpha value is -2.19. The predicted molar refractivity (Wildman–Crippen MR) is 94.5 cm³/mol. The Bertz CT molecular complexity index is 786. The third-order valence-corrected chi connectivity index (χ3v) is 3.97. The fourth-order valence-electron chi connectivity index (χ4n) is 2.56. The quantitative estimate of drug-likeness (QED) is 0.438. The van der Waals surface area contributed by atoms with Gasteiger partial charge in [0.1, 0.15) is 0 Å². The molecule has 0 N–H and O–H groups in total. The maximum Gasteiger partial charge on any atom is 0.253 e. The zero-order valence-corrected chi connectivity index (χ0v) is 14.3. The van der Waals surface area contributed by atoms with Crippen molar-refractivity contribution in [2.24, 2.45) is 0 Å². The van der Waals surface area contributed by atoms with Crippen molar-refractivity contribution in [1.82, 2.24) is 0 Å². The highest BCUT2D eigenvalue weighted by Crippen LogP contribution is 2.26. The number of ketones is 1. The van der Waals surface area contributed by atoms with Gasteiger partial charge in [0, 0.05) is 16.7 Å². The molecule has 0 spiro atoms. The first-order valence-corrected chi connectivity index (χ1v) is 7.77. The predicted octanol–water partition coefficient (Wildman–Crippen LogP) is 5.03. The first-order valence-electron chi connectivity index (χ1n) is 7.39. The lowest BCUT2D eigenvalue weighted by molar-refractivity contribution is 0.102. The minimum atomic E-state index is -0.611. The molecule has 0 fully saturated rings. The van der Waals surface area contributed by atoms with Crippen LogP contribution >= 0.6 is 11.6 Å². The Balaban J connectivity index is 2.62. The molecule has 0 aliphatic heterocycles. The van der Waals surface area contributed by atoms with E-state index in [1.165, 1.54) is 0 Å². The maximum atomic E-state index is 12.8. The number of hydrogen-bond donors (Lipinski definition) is 0. The molecule has 0 bridgehead atoms. The van der Waals surface area contributed by atoms with Gasteiger partial charge in [-0.3, -0.25) is 9.59 Å². The Morgan fingerprint density at radius 2 is 1.65 bits per heavy atom. The van der Waals surface area contributed by atoms with Crippen LogP contribution < -0.4 is 0 Å². The Morgan fingerprint density at radius 1 is 1.04 bits per heavy atom. The van der Waals surface area contributed by atoms with Crippen LogP contribution in [0.3, 0.4) is 0 Å². The van der Waals surface area contributed by atoms with Crippen LogP contribution in [-0.4, -0.2) is 11.0 Å². The Kier molecular flexibility index (Phi) is 5.17. The summed E-state index contributed by atoms with van der Waals surface area (Å²) in [4.78, 5) is 24.8. The fourth-order valence-corrected chi connectivity index (χ4v) is 2.77. The van der Waals surface area contributed by atoms with Gasteiger partial charge in [-0.25, -0.2) is 0 Å². The van der Waals surface area contributed by atoms with Gasteiger partial charge in [0.15, 0.2) is 5.78 Å². The largest absolute Gasteiger partial charge is 0.289 e. The van der Waals surface area contributed by atoms with Gasteiger partial charge in [0.2, 0.25) is 0 Å². The Labute approximate surface area is 141 Å². The number of allylic oxidation sites excluding steroid dienone is 1. The van der Waals surface area contributed by atoms with E-state index in [1.54, 1.807) is 18.2 Å². The summed E-state index contributed by atoms with van der Waals surface area (Å²) in [7, 11) is 0. The smallest absolute Gasteiger partial charge is 0.253 e. The molecule has 0 atom stereocenters. The van der Waals surface area contributed by atoms with Crippen molar-refractivity contribution in [2.45, 2.75) is 27.2 Å².